The lowest BCUT2D eigenvalue weighted by atomic mass is 10.0. The van der Waals surface area contributed by atoms with Crippen molar-refractivity contribution in [3.63, 3.8) is 0 Å². The molecule has 0 bridgehead atoms. The van der Waals surface area contributed by atoms with Gasteiger partial charge in [0.1, 0.15) is 0 Å². The van der Waals surface area contributed by atoms with Crippen molar-refractivity contribution in [3.05, 3.63) is 34.9 Å². The molecule has 0 spiro atoms. The number of halogens is 1. The molecule has 1 aromatic rings. The van der Waals surface area contributed by atoms with Gasteiger partial charge in [-0.05, 0) is 30.5 Å². The summed E-state index contributed by atoms with van der Waals surface area (Å²) in [5, 5.41) is 0.736. The van der Waals surface area contributed by atoms with Gasteiger partial charge in [-0.2, -0.15) is 0 Å². The van der Waals surface area contributed by atoms with E-state index < -0.39 is 0 Å². The average Bonchev–Trinajstić information content (AvgIpc) is 2.42. The topological polar surface area (TPSA) is 35.2 Å². The zero-order valence-electron chi connectivity index (χ0n) is 12.1. The van der Waals surface area contributed by atoms with Crippen LogP contribution in [-0.4, -0.2) is 12.6 Å². The maximum Gasteiger partial charge on any atom is 0.0976 e. The lowest BCUT2D eigenvalue weighted by molar-refractivity contribution is 0.0311. The van der Waals surface area contributed by atoms with E-state index in [2.05, 4.69) is 13.8 Å². The lowest BCUT2D eigenvalue weighted by Gasteiger charge is -2.24. The number of rotatable bonds is 9. The third-order valence-electron chi connectivity index (χ3n) is 3.33. The van der Waals surface area contributed by atoms with E-state index in [4.69, 9.17) is 22.1 Å². The molecule has 2 nitrogen and oxygen atoms in total. The molecule has 2 N–H and O–H groups in total. The quantitative estimate of drug-likeness (QED) is 0.666. The molecule has 2 atom stereocenters. The van der Waals surface area contributed by atoms with Crippen molar-refractivity contribution in [2.45, 2.75) is 58.1 Å². The summed E-state index contributed by atoms with van der Waals surface area (Å²) in [6.45, 7) is 5.07. The number of unbranched alkanes of at least 4 members (excludes halogenated alkanes) is 3. The molecule has 19 heavy (non-hydrogen) atoms. The molecule has 0 aromatic heterocycles. The highest BCUT2D eigenvalue weighted by Gasteiger charge is 2.19. The Labute approximate surface area is 122 Å². The van der Waals surface area contributed by atoms with Gasteiger partial charge in [-0.3, -0.25) is 0 Å². The minimum Gasteiger partial charge on any atom is -0.372 e. The average molecular weight is 284 g/mol. The fraction of sp³-hybridized carbons (Fsp3) is 0.625. The molecule has 0 fully saturated rings. The Kier molecular flexibility index (Phi) is 8.11. The first-order chi connectivity index (χ1) is 9.19. The summed E-state index contributed by atoms with van der Waals surface area (Å²) in [5.74, 6) is 0. The van der Waals surface area contributed by atoms with Crippen molar-refractivity contribution < 1.29 is 4.74 Å². The molecular formula is C16H26ClNO. The van der Waals surface area contributed by atoms with E-state index >= 15 is 0 Å². The van der Waals surface area contributed by atoms with Gasteiger partial charge in [-0.1, -0.05) is 56.8 Å². The molecular weight excluding hydrogens is 258 g/mol. The Morgan fingerprint density at radius 3 is 2.63 bits per heavy atom. The monoisotopic (exact) mass is 283 g/mol. The van der Waals surface area contributed by atoms with E-state index in [1.165, 1.54) is 19.3 Å². The van der Waals surface area contributed by atoms with E-state index in [0.29, 0.717) is 0 Å². The number of hydrogen-bond acceptors (Lipinski definition) is 2. The Morgan fingerprint density at radius 2 is 2.00 bits per heavy atom. The fourth-order valence-electron chi connectivity index (χ4n) is 2.10. The van der Waals surface area contributed by atoms with Crippen molar-refractivity contribution in [2.24, 2.45) is 5.73 Å². The van der Waals surface area contributed by atoms with Crippen molar-refractivity contribution in [1.29, 1.82) is 0 Å². The smallest absolute Gasteiger partial charge is 0.0976 e. The van der Waals surface area contributed by atoms with E-state index in [1.807, 2.05) is 24.3 Å². The maximum atomic E-state index is 6.17. The van der Waals surface area contributed by atoms with Crippen LogP contribution < -0.4 is 5.73 Å². The molecule has 0 saturated carbocycles. The van der Waals surface area contributed by atoms with Crippen LogP contribution in [0.4, 0.5) is 0 Å². The van der Waals surface area contributed by atoms with Crippen LogP contribution in [0.25, 0.3) is 0 Å². The van der Waals surface area contributed by atoms with E-state index in [-0.39, 0.29) is 12.1 Å². The summed E-state index contributed by atoms with van der Waals surface area (Å²) in [6.07, 6.45) is 5.68. The van der Waals surface area contributed by atoms with Gasteiger partial charge in [0.05, 0.1) is 6.10 Å². The predicted molar refractivity (Wildman–Crippen MR) is 82.6 cm³/mol. The van der Waals surface area contributed by atoms with Crippen LogP contribution >= 0.6 is 11.6 Å². The number of ether oxygens (including phenoxy) is 1. The van der Waals surface area contributed by atoms with Crippen LogP contribution in [-0.2, 0) is 4.74 Å². The molecule has 0 aliphatic heterocycles. The van der Waals surface area contributed by atoms with Crippen molar-refractivity contribution >= 4 is 11.6 Å². The van der Waals surface area contributed by atoms with Crippen LogP contribution in [0.5, 0.6) is 0 Å². The molecule has 0 heterocycles. The first-order valence-corrected chi connectivity index (χ1v) is 7.69. The summed E-state index contributed by atoms with van der Waals surface area (Å²) >= 11 is 6.04. The largest absolute Gasteiger partial charge is 0.372 e. The fourth-order valence-corrected chi connectivity index (χ4v) is 2.30. The molecule has 0 radical (unpaired) electrons. The molecule has 0 saturated heterocycles. The van der Waals surface area contributed by atoms with Gasteiger partial charge in [0.25, 0.3) is 0 Å². The summed E-state index contributed by atoms with van der Waals surface area (Å²) in [7, 11) is 0. The molecule has 3 heteroatoms. The van der Waals surface area contributed by atoms with Gasteiger partial charge in [-0.25, -0.2) is 0 Å². The zero-order chi connectivity index (χ0) is 14.1. The second-order valence-corrected chi connectivity index (χ2v) is 5.42. The maximum absolute atomic E-state index is 6.17. The van der Waals surface area contributed by atoms with Crippen LogP contribution in [0.15, 0.2) is 24.3 Å². The van der Waals surface area contributed by atoms with Crippen LogP contribution in [0.2, 0.25) is 5.02 Å². The van der Waals surface area contributed by atoms with Crippen LogP contribution in [0.3, 0.4) is 0 Å². The molecule has 1 rings (SSSR count). The summed E-state index contributed by atoms with van der Waals surface area (Å²) in [5.41, 5.74) is 7.25. The normalized spacial score (nSPS) is 14.3. The van der Waals surface area contributed by atoms with E-state index in [1.54, 1.807) is 0 Å². The third kappa shape index (κ3) is 5.94. The Hall–Kier alpha value is -0.570. The van der Waals surface area contributed by atoms with Crippen molar-refractivity contribution in [2.75, 3.05) is 6.61 Å². The summed E-state index contributed by atoms with van der Waals surface area (Å²) < 4.78 is 6.00. The lowest BCUT2D eigenvalue weighted by Crippen LogP contribution is -2.29. The highest BCUT2D eigenvalue weighted by molar-refractivity contribution is 6.30. The van der Waals surface area contributed by atoms with Crippen molar-refractivity contribution in [3.8, 4) is 0 Å². The molecule has 2 unspecified atom stereocenters. The zero-order valence-corrected chi connectivity index (χ0v) is 12.8. The van der Waals surface area contributed by atoms with Crippen molar-refractivity contribution in [1.82, 2.24) is 0 Å². The Morgan fingerprint density at radius 1 is 1.21 bits per heavy atom. The third-order valence-corrected chi connectivity index (χ3v) is 3.57. The van der Waals surface area contributed by atoms with Gasteiger partial charge in [0.2, 0.25) is 0 Å². The standard InChI is InChI=1S/C16H26ClNO/c1-3-5-6-7-11-19-16(15(18)4-2)13-9-8-10-14(17)12-13/h8-10,12,15-16H,3-7,11,18H2,1-2H3. The van der Waals surface area contributed by atoms with E-state index in [9.17, 15) is 0 Å². The van der Waals surface area contributed by atoms with Gasteiger partial charge < -0.3 is 10.5 Å². The van der Waals surface area contributed by atoms with Gasteiger partial charge in [0, 0.05) is 17.7 Å². The number of nitrogens with two attached hydrogens (primary N) is 1. The minimum absolute atomic E-state index is 0.0182. The number of benzene rings is 1. The molecule has 0 aliphatic carbocycles. The predicted octanol–water partition coefficient (Wildman–Crippen LogP) is 4.72. The van der Waals surface area contributed by atoms with Gasteiger partial charge in [-0.15, -0.1) is 0 Å². The van der Waals surface area contributed by atoms with Gasteiger partial charge >= 0.3 is 0 Å². The molecule has 0 aliphatic rings. The second-order valence-electron chi connectivity index (χ2n) is 4.98. The van der Waals surface area contributed by atoms with Crippen LogP contribution in [0.1, 0.15) is 57.6 Å². The molecule has 108 valence electrons. The van der Waals surface area contributed by atoms with Crippen LogP contribution in [0, 0.1) is 0 Å². The summed E-state index contributed by atoms with van der Waals surface area (Å²) in [6, 6.07) is 7.84. The molecule has 0 amide bonds. The Balaban J connectivity index is 2.57. The highest BCUT2D eigenvalue weighted by Crippen LogP contribution is 2.25. The summed E-state index contributed by atoms with van der Waals surface area (Å²) in [4.78, 5) is 0. The first-order valence-electron chi connectivity index (χ1n) is 7.31. The SMILES string of the molecule is CCCCCCOC(c1cccc(Cl)c1)C(N)CC. The first kappa shape index (κ1) is 16.5. The molecule has 1 aromatic carbocycles. The second kappa shape index (κ2) is 9.35. The van der Waals surface area contributed by atoms with Gasteiger partial charge in [0.15, 0.2) is 0 Å². The highest BCUT2D eigenvalue weighted by atomic mass is 35.5. The Bertz CT molecular complexity index is 356. The number of hydrogen-bond donors (Lipinski definition) is 1. The van der Waals surface area contributed by atoms with E-state index in [0.717, 1.165) is 30.0 Å². The minimum atomic E-state index is -0.0506.